The Balaban J connectivity index is 1.77. The molecule has 104 valence electrons. The van der Waals surface area contributed by atoms with Crippen LogP contribution in [-0.2, 0) is 6.54 Å². The third kappa shape index (κ3) is 2.49. The standard InChI is InChI=1S/C14H15N3O3/c18-12(13-4-3-7-20-13)10-17-14(19)8-11(9-15-17)16-5-1-2-6-16/h3-4,7-9H,1-2,5-6,10H2. The molecular formula is C14H15N3O3. The number of ketones is 1. The third-order valence-corrected chi connectivity index (χ3v) is 3.42. The van der Waals surface area contributed by atoms with Gasteiger partial charge in [-0.25, -0.2) is 4.68 Å². The van der Waals surface area contributed by atoms with E-state index in [1.165, 1.54) is 12.3 Å². The van der Waals surface area contributed by atoms with E-state index in [1.807, 2.05) is 0 Å². The average molecular weight is 273 g/mol. The summed E-state index contributed by atoms with van der Waals surface area (Å²) >= 11 is 0. The molecule has 6 heteroatoms. The molecule has 0 aromatic carbocycles. The van der Waals surface area contributed by atoms with Crippen LogP contribution in [0.4, 0.5) is 5.69 Å². The van der Waals surface area contributed by atoms with Crippen molar-refractivity contribution in [1.82, 2.24) is 9.78 Å². The fraction of sp³-hybridized carbons (Fsp3) is 0.357. The molecule has 0 N–H and O–H groups in total. The van der Waals surface area contributed by atoms with Crippen LogP contribution in [0.1, 0.15) is 23.4 Å². The quantitative estimate of drug-likeness (QED) is 0.786. The number of carbonyl (C=O) groups excluding carboxylic acids is 1. The zero-order valence-electron chi connectivity index (χ0n) is 11.0. The minimum Gasteiger partial charge on any atom is -0.461 e. The minimum atomic E-state index is -0.269. The van der Waals surface area contributed by atoms with Gasteiger partial charge in [-0.1, -0.05) is 0 Å². The van der Waals surface area contributed by atoms with Gasteiger partial charge in [0.05, 0.1) is 18.1 Å². The van der Waals surface area contributed by atoms with Crippen molar-refractivity contribution in [2.75, 3.05) is 18.0 Å². The van der Waals surface area contributed by atoms with Crippen LogP contribution in [0, 0.1) is 0 Å². The molecule has 3 heterocycles. The van der Waals surface area contributed by atoms with Gasteiger partial charge in [-0.05, 0) is 25.0 Å². The van der Waals surface area contributed by atoms with Crippen LogP contribution in [0.15, 0.2) is 39.9 Å². The number of rotatable bonds is 4. The van der Waals surface area contributed by atoms with E-state index in [9.17, 15) is 9.59 Å². The summed E-state index contributed by atoms with van der Waals surface area (Å²) in [6, 6.07) is 4.75. The van der Waals surface area contributed by atoms with Gasteiger partial charge in [-0.15, -0.1) is 0 Å². The van der Waals surface area contributed by atoms with E-state index in [2.05, 4.69) is 10.00 Å². The van der Waals surface area contributed by atoms with Crippen LogP contribution in [-0.4, -0.2) is 28.7 Å². The molecule has 2 aromatic rings. The lowest BCUT2D eigenvalue weighted by Crippen LogP contribution is -2.28. The molecular weight excluding hydrogens is 258 g/mol. The summed E-state index contributed by atoms with van der Waals surface area (Å²) in [7, 11) is 0. The second-order valence-electron chi connectivity index (χ2n) is 4.80. The molecule has 1 aliphatic heterocycles. The molecule has 0 unspecified atom stereocenters. The highest BCUT2D eigenvalue weighted by atomic mass is 16.3. The van der Waals surface area contributed by atoms with Gasteiger partial charge in [-0.2, -0.15) is 5.10 Å². The molecule has 0 spiro atoms. The van der Waals surface area contributed by atoms with E-state index in [-0.39, 0.29) is 23.6 Å². The zero-order chi connectivity index (χ0) is 13.9. The van der Waals surface area contributed by atoms with E-state index >= 15 is 0 Å². The lowest BCUT2D eigenvalue weighted by Gasteiger charge is -2.16. The molecule has 0 bridgehead atoms. The second-order valence-corrected chi connectivity index (χ2v) is 4.80. The van der Waals surface area contributed by atoms with Crippen LogP contribution < -0.4 is 10.5 Å². The fourth-order valence-electron chi connectivity index (χ4n) is 2.34. The third-order valence-electron chi connectivity index (χ3n) is 3.42. The first-order valence-electron chi connectivity index (χ1n) is 6.63. The largest absolute Gasteiger partial charge is 0.461 e. The normalized spacial score (nSPS) is 14.7. The summed E-state index contributed by atoms with van der Waals surface area (Å²) in [4.78, 5) is 26.0. The lowest BCUT2D eigenvalue weighted by atomic mass is 10.3. The molecule has 0 atom stereocenters. The molecule has 1 aliphatic rings. The van der Waals surface area contributed by atoms with E-state index < -0.39 is 0 Å². The molecule has 0 aliphatic carbocycles. The van der Waals surface area contributed by atoms with Gasteiger partial charge in [0.2, 0.25) is 5.78 Å². The van der Waals surface area contributed by atoms with Crippen molar-refractivity contribution >= 4 is 11.5 Å². The summed E-state index contributed by atoms with van der Waals surface area (Å²) in [6.45, 7) is 1.81. The van der Waals surface area contributed by atoms with Crippen LogP contribution in [0.2, 0.25) is 0 Å². The molecule has 0 radical (unpaired) electrons. The van der Waals surface area contributed by atoms with Crippen molar-refractivity contribution in [1.29, 1.82) is 0 Å². The van der Waals surface area contributed by atoms with Crippen LogP contribution in [0.3, 0.4) is 0 Å². The summed E-state index contributed by atoms with van der Waals surface area (Å²) in [5.74, 6) is -0.0270. The van der Waals surface area contributed by atoms with Crippen LogP contribution >= 0.6 is 0 Å². The maximum absolute atomic E-state index is 12.0. The first kappa shape index (κ1) is 12.7. The Morgan fingerprint density at radius 2 is 2.15 bits per heavy atom. The van der Waals surface area contributed by atoms with Gasteiger partial charge in [-0.3, -0.25) is 9.59 Å². The van der Waals surface area contributed by atoms with Gasteiger partial charge >= 0.3 is 0 Å². The van der Waals surface area contributed by atoms with E-state index in [0.29, 0.717) is 0 Å². The maximum Gasteiger partial charge on any atom is 0.269 e. The monoisotopic (exact) mass is 273 g/mol. The molecule has 1 fully saturated rings. The highest BCUT2D eigenvalue weighted by Crippen LogP contribution is 2.16. The minimum absolute atomic E-state index is 0.105. The number of nitrogens with zero attached hydrogens (tertiary/aromatic N) is 3. The van der Waals surface area contributed by atoms with Crippen molar-refractivity contribution < 1.29 is 9.21 Å². The summed E-state index contributed by atoms with van der Waals surface area (Å²) < 4.78 is 6.17. The predicted molar refractivity (Wildman–Crippen MR) is 73.0 cm³/mol. The number of hydrogen-bond donors (Lipinski definition) is 0. The van der Waals surface area contributed by atoms with E-state index in [4.69, 9.17) is 4.42 Å². The topological polar surface area (TPSA) is 68.3 Å². The van der Waals surface area contributed by atoms with E-state index in [0.717, 1.165) is 36.3 Å². The van der Waals surface area contributed by atoms with Gasteiger partial charge < -0.3 is 9.32 Å². The molecule has 6 nitrogen and oxygen atoms in total. The van der Waals surface area contributed by atoms with Crippen LogP contribution in [0.5, 0.6) is 0 Å². The zero-order valence-corrected chi connectivity index (χ0v) is 11.0. The van der Waals surface area contributed by atoms with Crippen molar-refractivity contribution in [2.45, 2.75) is 19.4 Å². The van der Waals surface area contributed by atoms with Gasteiger partial charge in [0, 0.05) is 19.2 Å². The van der Waals surface area contributed by atoms with Crippen molar-refractivity contribution in [3.8, 4) is 0 Å². The SMILES string of the molecule is O=C(Cn1ncc(N2CCCC2)cc1=O)c1ccco1. The summed E-state index contributed by atoms with van der Waals surface area (Å²) in [5.41, 5.74) is 0.559. The molecule has 2 aromatic heterocycles. The number of Topliss-reactive ketones (excluding diaryl/α,β-unsaturated/α-hetero) is 1. The molecule has 20 heavy (non-hydrogen) atoms. The Hall–Kier alpha value is -2.37. The number of hydrogen-bond acceptors (Lipinski definition) is 5. The number of aromatic nitrogens is 2. The Labute approximate surface area is 115 Å². The summed E-state index contributed by atoms with van der Waals surface area (Å²) in [6.07, 6.45) is 5.35. The Bertz CT molecular complexity index is 655. The van der Waals surface area contributed by atoms with Gasteiger partial charge in [0.1, 0.15) is 6.54 Å². The highest BCUT2D eigenvalue weighted by molar-refractivity contribution is 5.93. The van der Waals surface area contributed by atoms with Crippen molar-refractivity contribution in [3.63, 3.8) is 0 Å². The van der Waals surface area contributed by atoms with Crippen molar-refractivity contribution in [3.05, 3.63) is 46.8 Å². The number of carbonyl (C=O) groups is 1. The Kier molecular flexibility index (Phi) is 3.37. The first-order valence-corrected chi connectivity index (χ1v) is 6.63. The molecule has 1 saturated heterocycles. The Morgan fingerprint density at radius 1 is 1.35 bits per heavy atom. The van der Waals surface area contributed by atoms with Gasteiger partial charge in [0.25, 0.3) is 5.56 Å². The van der Waals surface area contributed by atoms with Gasteiger partial charge in [0.15, 0.2) is 5.76 Å². The molecule has 0 saturated carbocycles. The molecule has 3 rings (SSSR count). The summed E-state index contributed by atoms with van der Waals surface area (Å²) in [5, 5.41) is 4.07. The maximum atomic E-state index is 12.0. The second kappa shape index (κ2) is 5.32. The first-order chi connectivity index (χ1) is 9.74. The van der Waals surface area contributed by atoms with Crippen molar-refractivity contribution in [2.24, 2.45) is 0 Å². The lowest BCUT2D eigenvalue weighted by molar-refractivity contribution is 0.0938. The molecule has 0 amide bonds. The average Bonchev–Trinajstić information content (AvgIpc) is 3.14. The number of furan rings is 1. The number of anilines is 1. The smallest absolute Gasteiger partial charge is 0.269 e. The highest BCUT2D eigenvalue weighted by Gasteiger charge is 2.15. The predicted octanol–water partition coefficient (Wildman–Crippen LogP) is 1.32. The van der Waals surface area contributed by atoms with E-state index in [1.54, 1.807) is 18.3 Å². The fourth-order valence-corrected chi connectivity index (χ4v) is 2.34. The van der Waals surface area contributed by atoms with Crippen LogP contribution in [0.25, 0.3) is 0 Å². The Morgan fingerprint density at radius 3 is 2.80 bits per heavy atom.